The van der Waals surface area contributed by atoms with E-state index in [0.29, 0.717) is 11.8 Å². The molecule has 5 heteroatoms. The van der Waals surface area contributed by atoms with Crippen molar-refractivity contribution in [1.82, 2.24) is 9.55 Å². The van der Waals surface area contributed by atoms with E-state index < -0.39 is 0 Å². The van der Waals surface area contributed by atoms with Crippen molar-refractivity contribution < 1.29 is 9.53 Å². The summed E-state index contributed by atoms with van der Waals surface area (Å²) in [4.78, 5) is 16.9. The van der Waals surface area contributed by atoms with Gasteiger partial charge in [-0.15, -0.1) is 0 Å². The van der Waals surface area contributed by atoms with Gasteiger partial charge < -0.3 is 10.5 Å². The minimum Gasteiger partial charge on any atom is -0.399 e. The van der Waals surface area contributed by atoms with E-state index in [9.17, 15) is 4.79 Å². The van der Waals surface area contributed by atoms with Crippen LogP contribution in [-0.4, -0.2) is 28.7 Å². The molecule has 1 aromatic carbocycles. The number of nitrogen functional groups attached to an aromatic ring is 1. The number of carbonyl (C=O) groups is 1. The summed E-state index contributed by atoms with van der Waals surface area (Å²) in [7, 11) is 1.74. The first-order chi connectivity index (χ1) is 9.69. The zero-order valence-corrected chi connectivity index (χ0v) is 11.6. The Kier molecular flexibility index (Phi) is 3.44. The first kappa shape index (κ1) is 13.1. The standard InChI is InChI=1S/C15H19N3O2/c1-20-12-5-2-10(3-6-12)15(19)18-9-17-13-8-11(16)4-7-14(13)18/h4,7-10,12H,2-3,5-6,16H2,1H3. The number of nitrogens with zero attached hydrogens (tertiary/aromatic N) is 2. The van der Waals surface area contributed by atoms with Crippen LogP contribution in [0.2, 0.25) is 0 Å². The largest absolute Gasteiger partial charge is 0.399 e. The number of aromatic nitrogens is 2. The van der Waals surface area contributed by atoms with Crippen LogP contribution >= 0.6 is 0 Å². The van der Waals surface area contributed by atoms with E-state index in [0.717, 1.165) is 36.7 Å². The van der Waals surface area contributed by atoms with E-state index in [1.165, 1.54) is 0 Å². The minimum absolute atomic E-state index is 0.0661. The number of fused-ring (bicyclic) bond motifs is 1. The molecule has 0 aliphatic heterocycles. The predicted molar refractivity (Wildman–Crippen MR) is 77.5 cm³/mol. The van der Waals surface area contributed by atoms with E-state index in [1.54, 1.807) is 30.1 Å². The topological polar surface area (TPSA) is 70.1 Å². The molecule has 0 unspecified atom stereocenters. The van der Waals surface area contributed by atoms with Crippen LogP contribution in [0.25, 0.3) is 11.0 Å². The molecule has 1 aliphatic carbocycles. The molecule has 0 bridgehead atoms. The lowest BCUT2D eigenvalue weighted by atomic mass is 9.86. The average Bonchev–Trinajstić information content (AvgIpc) is 2.89. The summed E-state index contributed by atoms with van der Waals surface area (Å²) in [5.41, 5.74) is 8.00. The maximum absolute atomic E-state index is 12.6. The first-order valence-electron chi connectivity index (χ1n) is 6.98. The van der Waals surface area contributed by atoms with E-state index >= 15 is 0 Å². The number of methoxy groups -OCH3 is 1. The molecule has 0 amide bonds. The highest BCUT2D eigenvalue weighted by Gasteiger charge is 2.27. The van der Waals surface area contributed by atoms with Gasteiger partial charge in [-0.1, -0.05) is 0 Å². The number of hydrogen-bond donors (Lipinski definition) is 1. The molecular weight excluding hydrogens is 254 g/mol. The lowest BCUT2D eigenvalue weighted by Gasteiger charge is -2.26. The fourth-order valence-electron chi connectivity index (χ4n) is 2.95. The Morgan fingerprint density at radius 3 is 2.80 bits per heavy atom. The molecule has 2 N–H and O–H groups in total. The normalized spacial score (nSPS) is 23.1. The van der Waals surface area contributed by atoms with Gasteiger partial charge >= 0.3 is 0 Å². The summed E-state index contributed by atoms with van der Waals surface area (Å²) in [5, 5.41) is 0. The Bertz CT molecular complexity index is 627. The number of nitrogens with two attached hydrogens (primary N) is 1. The second kappa shape index (κ2) is 5.25. The summed E-state index contributed by atoms with van der Waals surface area (Å²) < 4.78 is 7.01. The number of benzene rings is 1. The third kappa shape index (κ3) is 2.29. The van der Waals surface area contributed by atoms with Crippen molar-refractivity contribution in [2.45, 2.75) is 31.8 Å². The van der Waals surface area contributed by atoms with Crippen LogP contribution < -0.4 is 5.73 Å². The second-order valence-corrected chi connectivity index (χ2v) is 5.41. The second-order valence-electron chi connectivity index (χ2n) is 5.41. The fraction of sp³-hybridized carbons (Fsp3) is 0.467. The number of hydrogen-bond acceptors (Lipinski definition) is 4. The van der Waals surface area contributed by atoms with Crippen molar-refractivity contribution in [1.29, 1.82) is 0 Å². The Morgan fingerprint density at radius 2 is 2.10 bits per heavy atom. The van der Waals surface area contributed by atoms with Gasteiger partial charge in [0.1, 0.15) is 6.33 Å². The number of rotatable bonds is 2. The van der Waals surface area contributed by atoms with Crippen molar-refractivity contribution in [3.63, 3.8) is 0 Å². The molecule has 1 aliphatic rings. The first-order valence-corrected chi connectivity index (χ1v) is 6.98. The summed E-state index contributed by atoms with van der Waals surface area (Å²) in [5.74, 6) is 0.197. The summed E-state index contributed by atoms with van der Waals surface area (Å²) in [6, 6.07) is 5.45. The molecule has 1 aromatic heterocycles. The third-order valence-electron chi connectivity index (χ3n) is 4.17. The Hall–Kier alpha value is -1.88. The van der Waals surface area contributed by atoms with Crippen molar-refractivity contribution in [3.8, 4) is 0 Å². The van der Waals surface area contributed by atoms with Gasteiger partial charge in [0.15, 0.2) is 0 Å². The molecule has 20 heavy (non-hydrogen) atoms. The molecule has 3 rings (SSSR count). The molecule has 0 saturated heterocycles. The van der Waals surface area contributed by atoms with Crippen molar-refractivity contribution in [3.05, 3.63) is 24.5 Å². The Morgan fingerprint density at radius 1 is 1.35 bits per heavy atom. The van der Waals surface area contributed by atoms with Gasteiger partial charge in [0.05, 0.1) is 17.1 Å². The highest BCUT2D eigenvalue weighted by Crippen LogP contribution is 2.28. The molecule has 1 fully saturated rings. The molecule has 1 saturated carbocycles. The predicted octanol–water partition coefficient (Wildman–Crippen LogP) is 2.46. The molecule has 1 heterocycles. The van der Waals surface area contributed by atoms with Crippen molar-refractivity contribution in [2.75, 3.05) is 12.8 Å². The highest BCUT2D eigenvalue weighted by molar-refractivity contribution is 5.92. The molecule has 0 radical (unpaired) electrons. The quantitative estimate of drug-likeness (QED) is 0.853. The van der Waals surface area contributed by atoms with Crippen molar-refractivity contribution in [2.24, 2.45) is 5.92 Å². The summed E-state index contributed by atoms with van der Waals surface area (Å²) in [6.45, 7) is 0. The fourth-order valence-corrected chi connectivity index (χ4v) is 2.95. The van der Waals surface area contributed by atoms with E-state index in [2.05, 4.69) is 4.98 Å². The van der Waals surface area contributed by atoms with Gasteiger partial charge in [0, 0.05) is 18.7 Å². The van der Waals surface area contributed by atoms with Gasteiger partial charge in [0.25, 0.3) is 0 Å². The third-order valence-corrected chi connectivity index (χ3v) is 4.17. The van der Waals surface area contributed by atoms with Crippen LogP contribution in [0.4, 0.5) is 5.69 Å². The van der Waals surface area contributed by atoms with Gasteiger partial charge in [-0.3, -0.25) is 9.36 Å². The monoisotopic (exact) mass is 273 g/mol. The zero-order chi connectivity index (χ0) is 14.1. The Labute approximate surface area is 117 Å². The maximum atomic E-state index is 12.6. The van der Waals surface area contributed by atoms with Crippen LogP contribution in [0.5, 0.6) is 0 Å². The van der Waals surface area contributed by atoms with E-state index in [4.69, 9.17) is 10.5 Å². The van der Waals surface area contributed by atoms with Crippen LogP contribution in [0, 0.1) is 5.92 Å². The molecule has 106 valence electrons. The summed E-state index contributed by atoms with van der Waals surface area (Å²) >= 11 is 0. The van der Waals surface area contributed by atoms with E-state index in [-0.39, 0.29) is 11.8 Å². The van der Waals surface area contributed by atoms with Crippen molar-refractivity contribution >= 4 is 22.6 Å². The lowest BCUT2D eigenvalue weighted by Crippen LogP contribution is -2.28. The molecule has 0 spiro atoms. The SMILES string of the molecule is COC1CCC(C(=O)n2cnc3cc(N)ccc32)CC1. The number of ether oxygens (including phenoxy) is 1. The minimum atomic E-state index is 0.0661. The highest BCUT2D eigenvalue weighted by atomic mass is 16.5. The Balaban J connectivity index is 1.82. The lowest BCUT2D eigenvalue weighted by molar-refractivity contribution is 0.0484. The number of anilines is 1. The number of carbonyl (C=O) groups excluding carboxylic acids is 1. The van der Waals surface area contributed by atoms with E-state index in [1.807, 2.05) is 6.07 Å². The van der Waals surface area contributed by atoms with Crippen LogP contribution in [-0.2, 0) is 4.74 Å². The van der Waals surface area contributed by atoms with Crippen LogP contribution in [0.1, 0.15) is 30.5 Å². The van der Waals surface area contributed by atoms with Gasteiger partial charge in [0.2, 0.25) is 5.91 Å². The molecular formula is C15H19N3O2. The van der Waals surface area contributed by atoms with Gasteiger partial charge in [-0.2, -0.15) is 0 Å². The summed E-state index contributed by atoms with van der Waals surface area (Å²) in [6.07, 6.45) is 5.57. The maximum Gasteiger partial charge on any atom is 0.235 e. The molecule has 2 aromatic rings. The average molecular weight is 273 g/mol. The van der Waals surface area contributed by atoms with Crippen LogP contribution in [0.3, 0.4) is 0 Å². The molecule has 5 nitrogen and oxygen atoms in total. The number of imidazole rings is 1. The van der Waals surface area contributed by atoms with Gasteiger partial charge in [-0.25, -0.2) is 4.98 Å². The smallest absolute Gasteiger partial charge is 0.235 e. The molecule has 0 atom stereocenters. The zero-order valence-electron chi connectivity index (χ0n) is 11.6. The van der Waals surface area contributed by atoms with Crippen LogP contribution in [0.15, 0.2) is 24.5 Å². The van der Waals surface area contributed by atoms with Gasteiger partial charge in [-0.05, 0) is 43.9 Å².